The maximum atomic E-state index is 13.1. The van der Waals surface area contributed by atoms with Crippen molar-refractivity contribution in [1.82, 2.24) is 14.8 Å². The number of ether oxygens (including phenoxy) is 2. The van der Waals surface area contributed by atoms with E-state index in [1.807, 2.05) is 22.3 Å². The zero-order valence-electron chi connectivity index (χ0n) is 14.6. The molecule has 3 aromatic rings. The van der Waals surface area contributed by atoms with E-state index in [0.717, 1.165) is 29.5 Å². The van der Waals surface area contributed by atoms with Gasteiger partial charge in [-0.05, 0) is 30.3 Å². The third-order valence-corrected chi connectivity index (χ3v) is 5.92. The minimum atomic E-state index is -0.239. The Morgan fingerprint density at radius 3 is 2.48 bits per heavy atom. The summed E-state index contributed by atoms with van der Waals surface area (Å²) in [4.78, 5) is 6.94. The van der Waals surface area contributed by atoms with Gasteiger partial charge in [0.15, 0.2) is 5.13 Å². The van der Waals surface area contributed by atoms with E-state index in [1.165, 1.54) is 12.1 Å². The van der Waals surface area contributed by atoms with Crippen LogP contribution in [0.1, 0.15) is 6.04 Å². The van der Waals surface area contributed by atoms with Crippen molar-refractivity contribution in [1.29, 1.82) is 0 Å². The molecule has 2 aromatic heterocycles. The topological polar surface area (TPSA) is 52.4 Å². The Kier molecular flexibility index (Phi) is 4.39. The number of anilines is 1. The Balaban J connectivity index is 1.26. The fourth-order valence-electron chi connectivity index (χ4n) is 3.55. The molecule has 0 amide bonds. The van der Waals surface area contributed by atoms with Crippen LogP contribution in [0.25, 0.3) is 11.3 Å². The largest absolute Gasteiger partial charge is 0.371 e. The summed E-state index contributed by atoms with van der Waals surface area (Å²) >= 11 is 1.59. The maximum absolute atomic E-state index is 13.1. The van der Waals surface area contributed by atoms with Crippen LogP contribution in [0, 0.1) is 5.82 Å². The summed E-state index contributed by atoms with van der Waals surface area (Å²) in [5.74, 6) is -0.239. The molecule has 2 fully saturated rings. The van der Waals surface area contributed by atoms with Crippen molar-refractivity contribution in [3.05, 3.63) is 53.9 Å². The second-order valence-electron chi connectivity index (χ2n) is 6.81. The molecule has 2 aliphatic heterocycles. The first-order valence-corrected chi connectivity index (χ1v) is 9.83. The molecular weight excluding hydrogens is 367 g/mol. The molecule has 140 valence electrons. The highest BCUT2D eigenvalue weighted by atomic mass is 32.1. The number of fused-ring (bicyclic) bond motifs is 1. The number of nitrogens with zero attached hydrogens (tertiary/aromatic N) is 4. The third-order valence-electron chi connectivity index (χ3n) is 5.02. The maximum Gasteiger partial charge on any atom is 0.186 e. The van der Waals surface area contributed by atoms with Crippen LogP contribution in [-0.2, 0) is 9.47 Å². The van der Waals surface area contributed by atoms with Gasteiger partial charge in [-0.2, -0.15) is 5.10 Å². The summed E-state index contributed by atoms with van der Waals surface area (Å²) in [5, 5.41) is 7.24. The SMILES string of the molecule is Fc1ccc(-c2csc(N3C[C@@H]4OCC(n5cccn5)CO[C@H]4C3)n2)cc1. The van der Waals surface area contributed by atoms with Crippen molar-refractivity contribution in [2.45, 2.75) is 18.2 Å². The average Bonchev–Trinajstić information content (AvgIpc) is 3.42. The van der Waals surface area contributed by atoms with E-state index in [4.69, 9.17) is 14.5 Å². The lowest BCUT2D eigenvalue weighted by atomic mass is 10.2. The van der Waals surface area contributed by atoms with Gasteiger partial charge in [0.05, 0.1) is 24.9 Å². The first-order valence-electron chi connectivity index (χ1n) is 8.95. The van der Waals surface area contributed by atoms with E-state index >= 15 is 0 Å². The highest BCUT2D eigenvalue weighted by Gasteiger charge is 2.38. The van der Waals surface area contributed by atoms with E-state index in [2.05, 4.69) is 10.00 Å². The van der Waals surface area contributed by atoms with Crippen molar-refractivity contribution >= 4 is 16.5 Å². The lowest BCUT2D eigenvalue weighted by Crippen LogP contribution is -2.27. The minimum absolute atomic E-state index is 0.0312. The van der Waals surface area contributed by atoms with E-state index < -0.39 is 0 Å². The summed E-state index contributed by atoms with van der Waals surface area (Å²) in [5.41, 5.74) is 1.78. The van der Waals surface area contributed by atoms with Gasteiger partial charge in [-0.15, -0.1) is 11.3 Å². The van der Waals surface area contributed by atoms with E-state index in [-0.39, 0.29) is 24.1 Å². The molecule has 5 rings (SSSR count). The first kappa shape index (κ1) is 16.9. The molecule has 27 heavy (non-hydrogen) atoms. The van der Waals surface area contributed by atoms with Crippen LogP contribution >= 0.6 is 11.3 Å². The Morgan fingerprint density at radius 2 is 1.81 bits per heavy atom. The van der Waals surface area contributed by atoms with Crippen LogP contribution in [0.2, 0.25) is 0 Å². The van der Waals surface area contributed by atoms with Crippen LogP contribution in [0.4, 0.5) is 9.52 Å². The molecule has 0 spiro atoms. The van der Waals surface area contributed by atoms with Gasteiger partial charge < -0.3 is 14.4 Å². The molecule has 2 atom stereocenters. The fourth-order valence-corrected chi connectivity index (χ4v) is 4.40. The predicted molar refractivity (Wildman–Crippen MR) is 100 cm³/mol. The molecule has 0 aliphatic carbocycles. The summed E-state index contributed by atoms with van der Waals surface area (Å²) in [6, 6.07) is 8.45. The zero-order valence-corrected chi connectivity index (χ0v) is 15.4. The lowest BCUT2D eigenvalue weighted by Gasteiger charge is -2.18. The van der Waals surface area contributed by atoms with Crippen molar-refractivity contribution in [3.8, 4) is 11.3 Å². The lowest BCUT2D eigenvalue weighted by molar-refractivity contribution is -0.00461. The molecule has 0 N–H and O–H groups in total. The van der Waals surface area contributed by atoms with E-state index in [0.29, 0.717) is 13.2 Å². The van der Waals surface area contributed by atoms with Gasteiger partial charge in [0, 0.05) is 36.4 Å². The van der Waals surface area contributed by atoms with Gasteiger partial charge in [0.25, 0.3) is 0 Å². The molecule has 1 aromatic carbocycles. The second kappa shape index (κ2) is 7.03. The first-order chi connectivity index (χ1) is 13.3. The van der Waals surface area contributed by atoms with E-state index in [9.17, 15) is 4.39 Å². The van der Waals surface area contributed by atoms with Crippen LogP contribution in [0.5, 0.6) is 0 Å². The molecule has 0 bridgehead atoms. The Bertz CT molecular complexity index is 883. The average molecular weight is 386 g/mol. The van der Waals surface area contributed by atoms with Gasteiger partial charge in [-0.25, -0.2) is 9.37 Å². The monoisotopic (exact) mass is 386 g/mol. The van der Waals surface area contributed by atoms with Gasteiger partial charge in [0.1, 0.15) is 18.0 Å². The Labute approximate surface area is 160 Å². The molecule has 2 saturated heterocycles. The second-order valence-corrected chi connectivity index (χ2v) is 7.65. The Hall–Kier alpha value is -2.29. The summed E-state index contributed by atoms with van der Waals surface area (Å²) < 4.78 is 27.3. The number of aromatic nitrogens is 3. The molecule has 8 heteroatoms. The highest BCUT2D eigenvalue weighted by Crippen LogP contribution is 2.32. The Morgan fingerprint density at radius 1 is 1.07 bits per heavy atom. The summed E-state index contributed by atoms with van der Waals surface area (Å²) in [6.45, 7) is 2.70. The van der Waals surface area contributed by atoms with Crippen molar-refractivity contribution < 1.29 is 13.9 Å². The van der Waals surface area contributed by atoms with Crippen LogP contribution in [0.15, 0.2) is 48.1 Å². The molecule has 6 nitrogen and oxygen atoms in total. The van der Waals surface area contributed by atoms with Crippen LogP contribution in [-0.4, -0.2) is 53.3 Å². The van der Waals surface area contributed by atoms with Crippen molar-refractivity contribution in [3.63, 3.8) is 0 Å². The van der Waals surface area contributed by atoms with Crippen LogP contribution < -0.4 is 4.90 Å². The smallest absolute Gasteiger partial charge is 0.186 e. The number of thiazole rings is 1. The summed E-state index contributed by atoms with van der Waals surface area (Å²) in [6.07, 6.45) is 3.78. The molecular formula is C19H19FN4O2S. The number of hydrogen-bond acceptors (Lipinski definition) is 6. The van der Waals surface area contributed by atoms with Crippen molar-refractivity contribution in [2.24, 2.45) is 0 Å². The molecule has 0 radical (unpaired) electrons. The fraction of sp³-hybridized carbons (Fsp3) is 0.368. The summed E-state index contributed by atoms with van der Waals surface area (Å²) in [7, 11) is 0. The van der Waals surface area contributed by atoms with E-state index in [1.54, 1.807) is 29.7 Å². The van der Waals surface area contributed by atoms with Gasteiger partial charge in [0.2, 0.25) is 0 Å². The zero-order chi connectivity index (χ0) is 18.2. The number of hydrogen-bond donors (Lipinski definition) is 0. The number of benzene rings is 1. The normalized spacial score (nSPS) is 23.4. The molecule has 4 heterocycles. The van der Waals surface area contributed by atoms with Gasteiger partial charge in [-0.1, -0.05) is 0 Å². The predicted octanol–water partition coefficient (Wildman–Crippen LogP) is 2.99. The standard InChI is InChI=1S/C19H19FN4O2S/c20-14-4-2-13(3-5-14)16-12-27-19(22-16)23-8-17-18(9-23)26-11-15(10-25-17)24-7-1-6-21-24/h1-7,12,15,17-18H,8-11H2/t17-,18-/m0/s1. The number of halogens is 1. The molecule has 2 aliphatic rings. The highest BCUT2D eigenvalue weighted by molar-refractivity contribution is 7.14. The molecule has 0 unspecified atom stereocenters. The van der Waals surface area contributed by atoms with Gasteiger partial charge in [-0.3, -0.25) is 4.68 Å². The van der Waals surface area contributed by atoms with Gasteiger partial charge >= 0.3 is 0 Å². The van der Waals surface area contributed by atoms with Crippen molar-refractivity contribution in [2.75, 3.05) is 31.2 Å². The number of rotatable bonds is 3. The molecule has 0 saturated carbocycles. The quantitative estimate of drug-likeness (QED) is 0.693. The minimum Gasteiger partial charge on any atom is -0.371 e. The third kappa shape index (κ3) is 3.36. The van der Waals surface area contributed by atoms with Crippen LogP contribution in [0.3, 0.4) is 0 Å².